The second-order valence-corrected chi connectivity index (χ2v) is 5.87. The van der Waals surface area contributed by atoms with Gasteiger partial charge in [-0.1, -0.05) is 30.3 Å². The van der Waals surface area contributed by atoms with E-state index in [4.69, 9.17) is 15.2 Å². The lowest BCUT2D eigenvalue weighted by Gasteiger charge is -2.30. The third kappa shape index (κ3) is 3.45. The molecule has 2 aromatic rings. The average Bonchev–Trinajstić information content (AvgIpc) is 2.60. The summed E-state index contributed by atoms with van der Waals surface area (Å²) in [4.78, 5) is 4.40. The van der Waals surface area contributed by atoms with Crippen molar-refractivity contribution in [2.24, 2.45) is 10.7 Å². The number of hydrogen-bond donors (Lipinski definition) is 2. The van der Waals surface area contributed by atoms with Gasteiger partial charge in [-0.2, -0.15) is 0 Å². The first-order valence-corrected chi connectivity index (χ1v) is 8.03. The Balaban J connectivity index is 1.53. The van der Waals surface area contributed by atoms with E-state index in [9.17, 15) is 0 Å². The Bertz CT molecular complexity index is 743. The lowest BCUT2D eigenvalue weighted by atomic mass is 9.78. The number of guanidine groups is 1. The van der Waals surface area contributed by atoms with Gasteiger partial charge < -0.3 is 20.5 Å². The molecule has 1 aliphatic carbocycles. The van der Waals surface area contributed by atoms with Crippen LogP contribution in [0.5, 0.6) is 11.5 Å². The van der Waals surface area contributed by atoms with Crippen molar-refractivity contribution in [3.05, 3.63) is 59.2 Å². The molecule has 0 radical (unpaired) electrons. The van der Waals surface area contributed by atoms with Crippen LogP contribution >= 0.6 is 0 Å². The Morgan fingerprint density at radius 3 is 2.71 bits per heavy atom. The Kier molecular flexibility index (Phi) is 4.89. The Morgan fingerprint density at radius 1 is 1.17 bits per heavy atom. The summed E-state index contributed by atoms with van der Waals surface area (Å²) >= 11 is 0. The minimum atomic E-state index is 0.467. The molecule has 0 fully saturated rings. The van der Waals surface area contributed by atoms with Crippen LogP contribution in [0.3, 0.4) is 0 Å². The summed E-state index contributed by atoms with van der Waals surface area (Å²) in [7, 11) is 3.24. The van der Waals surface area contributed by atoms with E-state index in [0.717, 1.165) is 18.5 Å². The maximum atomic E-state index is 5.98. The van der Waals surface area contributed by atoms with E-state index < -0.39 is 0 Å². The highest BCUT2D eigenvalue weighted by Gasteiger charge is 2.24. The molecule has 0 aromatic heterocycles. The highest BCUT2D eigenvalue weighted by Crippen LogP contribution is 2.34. The molecule has 0 bridgehead atoms. The third-order valence-electron chi connectivity index (χ3n) is 4.37. The lowest BCUT2D eigenvalue weighted by Crippen LogP contribution is -2.37. The Labute approximate surface area is 142 Å². The molecule has 1 aliphatic rings. The molecule has 24 heavy (non-hydrogen) atoms. The van der Waals surface area contributed by atoms with Gasteiger partial charge in [0.1, 0.15) is 0 Å². The summed E-state index contributed by atoms with van der Waals surface area (Å²) in [5, 5.41) is 3.22. The van der Waals surface area contributed by atoms with Crippen LogP contribution in [0.15, 0.2) is 47.5 Å². The van der Waals surface area contributed by atoms with E-state index in [1.807, 2.05) is 18.2 Å². The van der Waals surface area contributed by atoms with Crippen molar-refractivity contribution in [3.63, 3.8) is 0 Å². The number of fused-ring (bicyclic) bond motifs is 1. The first kappa shape index (κ1) is 16.2. The maximum Gasteiger partial charge on any atom is 0.188 e. The molecule has 3 N–H and O–H groups in total. The van der Waals surface area contributed by atoms with E-state index in [1.165, 1.54) is 11.1 Å². The molecule has 126 valence electrons. The highest BCUT2D eigenvalue weighted by molar-refractivity contribution is 5.78. The predicted molar refractivity (Wildman–Crippen MR) is 95.8 cm³/mol. The number of nitrogens with two attached hydrogens (primary N) is 1. The fourth-order valence-electron chi connectivity index (χ4n) is 2.98. The van der Waals surface area contributed by atoms with Crippen molar-refractivity contribution in [2.45, 2.75) is 18.9 Å². The smallest absolute Gasteiger partial charge is 0.188 e. The van der Waals surface area contributed by atoms with Crippen LogP contribution in [0.4, 0.5) is 0 Å². The first-order valence-electron chi connectivity index (χ1n) is 8.03. The standard InChI is InChI=1S/C19H23N3O2/c1-23-17-8-7-13(9-18(17)24-2)11-21-19(20)22-12-15-10-14-5-3-4-6-16(14)15/h3-9,15H,10-12H2,1-2H3,(H3,20,21,22). The zero-order chi connectivity index (χ0) is 16.9. The van der Waals surface area contributed by atoms with Crippen LogP contribution < -0.4 is 20.5 Å². The minimum absolute atomic E-state index is 0.467. The molecule has 0 heterocycles. The van der Waals surface area contributed by atoms with Gasteiger partial charge in [0.25, 0.3) is 0 Å². The average molecular weight is 325 g/mol. The van der Waals surface area contributed by atoms with E-state index in [2.05, 4.69) is 34.6 Å². The van der Waals surface area contributed by atoms with Crippen molar-refractivity contribution in [1.29, 1.82) is 0 Å². The zero-order valence-corrected chi connectivity index (χ0v) is 14.1. The van der Waals surface area contributed by atoms with E-state index in [0.29, 0.717) is 29.9 Å². The van der Waals surface area contributed by atoms with Crippen molar-refractivity contribution in [3.8, 4) is 11.5 Å². The molecule has 1 atom stereocenters. The number of ether oxygens (including phenoxy) is 2. The number of benzene rings is 2. The van der Waals surface area contributed by atoms with Gasteiger partial charge in [-0.25, -0.2) is 4.99 Å². The SMILES string of the molecule is COc1ccc(CN=C(N)NCC2Cc3ccccc32)cc1OC. The van der Waals surface area contributed by atoms with Crippen LogP contribution in [0, 0.1) is 0 Å². The zero-order valence-electron chi connectivity index (χ0n) is 14.1. The van der Waals surface area contributed by atoms with Gasteiger partial charge in [0.15, 0.2) is 17.5 Å². The van der Waals surface area contributed by atoms with Crippen LogP contribution in [0.2, 0.25) is 0 Å². The molecule has 0 amide bonds. The van der Waals surface area contributed by atoms with Gasteiger partial charge in [0, 0.05) is 12.5 Å². The molecule has 5 heteroatoms. The number of aliphatic imine (C=N–C) groups is 1. The van der Waals surface area contributed by atoms with Gasteiger partial charge in [-0.3, -0.25) is 0 Å². The summed E-state index contributed by atoms with van der Waals surface area (Å²) in [6, 6.07) is 14.3. The number of rotatable bonds is 6. The van der Waals surface area contributed by atoms with Crippen LogP contribution in [0.1, 0.15) is 22.6 Å². The van der Waals surface area contributed by atoms with Crippen molar-refractivity contribution >= 4 is 5.96 Å². The van der Waals surface area contributed by atoms with E-state index in [1.54, 1.807) is 14.2 Å². The van der Waals surface area contributed by atoms with Crippen molar-refractivity contribution in [2.75, 3.05) is 20.8 Å². The van der Waals surface area contributed by atoms with Crippen LogP contribution in [-0.2, 0) is 13.0 Å². The number of nitrogens with one attached hydrogen (secondary N) is 1. The quantitative estimate of drug-likeness (QED) is 0.632. The molecule has 3 rings (SSSR count). The minimum Gasteiger partial charge on any atom is -0.493 e. The molecule has 0 saturated heterocycles. The molecule has 0 aliphatic heterocycles. The first-order chi connectivity index (χ1) is 11.7. The van der Waals surface area contributed by atoms with Crippen LogP contribution in [-0.4, -0.2) is 26.7 Å². The van der Waals surface area contributed by atoms with Crippen molar-refractivity contribution in [1.82, 2.24) is 5.32 Å². The van der Waals surface area contributed by atoms with Crippen molar-refractivity contribution < 1.29 is 9.47 Å². The highest BCUT2D eigenvalue weighted by atomic mass is 16.5. The summed E-state index contributed by atoms with van der Waals surface area (Å²) in [5.41, 5.74) is 9.85. The lowest BCUT2D eigenvalue weighted by molar-refractivity contribution is 0.354. The fourth-order valence-corrected chi connectivity index (χ4v) is 2.98. The molecular weight excluding hydrogens is 302 g/mol. The van der Waals surface area contributed by atoms with Crippen LogP contribution in [0.25, 0.3) is 0 Å². The Hall–Kier alpha value is -2.69. The van der Waals surface area contributed by atoms with E-state index >= 15 is 0 Å². The monoisotopic (exact) mass is 325 g/mol. The van der Waals surface area contributed by atoms with Gasteiger partial charge >= 0.3 is 0 Å². The second kappa shape index (κ2) is 7.25. The van der Waals surface area contributed by atoms with Gasteiger partial charge in [0.05, 0.1) is 20.8 Å². The fraction of sp³-hybridized carbons (Fsp3) is 0.316. The summed E-state index contributed by atoms with van der Waals surface area (Å²) < 4.78 is 10.5. The number of nitrogens with zero attached hydrogens (tertiary/aromatic N) is 1. The topological polar surface area (TPSA) is 68.9 Å². The largest absolute Gasteiger partial charge is 0.493 e. The van der Waals surface area contributed by atoms with Gasteiger partial charge in [0.2, 0.25) is 0 Å². The van der Waals surface area contributed by atoms with E-state index in [-0.39, 0.29) is 0 Å². The number of methoxy groups -OCH3 is 2. The maximum absolute atomic E-state index is 5.98. The Morgan fingerprint density at radius 2 is 1.96 bits per heavy atom. The summed E-state index contributed by atoms with van der Waals surface area (Å²) in [6.07, 6.45) is 1.10. The summed E-state index contributed by atoms with van der Waals surface area (Å²) in [5.74, 6) is 2.40. The molecule has 0 spiro atoms. The molecule has 1 unspecified atom stereocenters. The second-order valence-electron chi connectivity index (χ2n) is 5.87. The van der Waals surface area contributed by atoms with Gasteiger partial charge in [-0.05, 0) is 35.2 Å². The van der Waals surface area contributed by atoms with Gasteiger partial charge in [-0.15, -0.1) is 0 Å². The number of hydrogen-bond acceptors (Lipinski definition) is 3. The third-order valence-corrected chi connectivity index (χ3v) is 4.37. The normalized spacial score (nSPS) is 16.1. The molecule has 0 saturated carbocycles. The molecular formula is C19H23N3O2. The molecule has 2 aromatic carbocycles. The predicted octanol–water partition coefficient (Wildman–Crippen LogP) is 2.45. The summed E-state index contributed by atoms with van der Waals surface area (Å²) in [6.45, 7) is 1.32. The molecule has 5 nitrogen and oxygen atoms in total.